The summed E-state index contributed by atoms with van der Waals surface area (Å²) in [4.78, 5) is 30.5. The van der Waals surface area contributed by atoms with Crippen molar-refractivity contribution in [2.75, 3.05) is 12.0 Å². The molecule has 1 saturated carbocycles. The zero-order chi connectivity index (χ0) is 24.1. The fourth-order valence-electron chi connectivity index (χ4n) is 4.81. The molecule has 0 saturated heterocycles. The molecule has 3 aromatic rings. The molecule has 1 aliphatic rings. The number of aryl methyl sites for hydroxylation is 2. The summed E-state index contributed by atoms with van der Waals surface area (Å²) in [6.07, 6.45) is 4.42. The third-order valence-corrected chi connectivity index (χ3v) is 7.35. The second-order valence-electron chi connectivity index (χ2n) is 8.93. The molecule has 1 aromatic heterocycles. The van der Waals surface area contributed by atoms with E-state index in [1.165, 1.54) is 0 Å². The molecule has 1 heterocycles. The van der Waals surface area contributed by atoms with E-state index in [0.717, 1.165) is 52.9 Å². The van der Waals surface area contributed by atoms with Crippen LogP contribution in [-0.2, 0) is 16.0 Å². The van der Waals surface area contributed by atoms with E-state index in [1.807, 2.05) is 73.8 Å². The summed E-state index contributed by atoms with van der Waals surface area (Å²) < 4.78 is 5.46. The molecule has 5 nitrogen and oxygen atoms in total. The van der Waals surface area contributed by atoms with Gasteiger partial charge < -0.3 is 10.1 Å². The van der Waals surface area contributed by atoms with E-state index in [9.17, 15) is 9.59 Å². The van der Waals surface area contributed by atoms with Crippen molar-refractivity contribution >= 4 is 28.8 Å². The highest BCUT2D eigenvalue weighted by molar-refractivity contribution is 7.10. The number of nitrogens with zero attached hydrogens (tertiary/aromatic N) is 1. The van der Waals surface area contributed by atoms with Gasteiger partial charge in [-0.3, -0.25) is 14.5 Å². The Bertz CT molecular complexity index is 1120. The Morgan fingerprint density at radius 2 is 1.76 bits per heavy atom. The first-order valence-electron chi connectivity index (χ1n) is 11.8. The smallest absolute Gasteiger partial charge is 0.248 e. The van der Waals surface area contributed by atoms with Gasteiger partial charge in [0.05, 0.1) is 19.2 Å². The largest absolute Gasteiger partial charge is 0.497 e. The molecule has 2 aromatic carbocycles. The number of anilines is 1. The molecule has 0 aliphatic heterocycles. The highest BCUT2D eigenvalue weighted by atomic mass is 32.1. The zero-order valence-corrected chi connectivity index (χ0v) is 20.9. The van der Waals surface area contributed by atoms with Crippen LogP contribution in [0.3, 0.4) is 0 Å². The summed E-state index contributed by atoms with van der Waals surface area (Å²) in [6, 6.07) is 16.7. The fraction of sp³-hybridized carbons (Fsp3) is 0.357. The van der Waals surface area contributed by atoms with Gasteiger partial charge in [0.2, 0.25) is 11.8 Å². The molecule has 2 amide bonds. The third kappa shape index (κ3) is 5.33. The monoisotopic (exact) mass is 476 g/mol. The van der Waals surface area contributed by atoms with Gasteiger partial charge >= 0.3 is 0 Å². The normalized spacial score (nSPS) is 14.6. The van der Waals surface area contributed by atoms with Crippen molar-refractivity contribution in [3.8, 4) is 5.75 Å². The standard InChI is InChI=1S/C28H32N2O3S/c1-19-9-6-10-20(2)26(19)30(25(31)18-24-15-8-16-34-24)27(21-11-7-14-23(17-21)33-3)28(32)29-22-12-4-5-13-22/h6-11,14-17,22,27H,4-5,12-13,18H2,1-3H3,(H,29,32)/t27-/m0/s1. The molecule has 0 spiro atoms. The number of methoxy groups -OCH3 is 1. The summed E-state index contributed by atoms with van der Waals surface area (Å²) >= 11 is 1.55. The Morgan fingerprint density at radius 3 is 2.41 bits per heavy atom. The summed E-state index contributed by atoms with van der Waals surface area (Å²) in [6.45, 7) is 3.98. The Hall–Kier alpha value is -3.12. The first-order valence-corrected chi connectivity index (χ1v) is 12.7. The Morgan fingerprint density at radius 1 is 1.06 bits per heavy atom. The molecule has 1 atom stereocenters. The summed E-state index contributed by atoms with van der Waals surface area (Å²) in [5.41, 5.74) is 3.44. The molecule has 4 rings (SSSR count). The Balaban J connectivity index is 1.83. The number of hydrogen-bond donors (Lipinski definition) is 1. The van der Waals surface area contributed by atoms with E-state index in [-0.39, 0.29) is 24.3 Å². The maximum Gasteiger partial charge on any atom is 0.248 e. The molecular weight excluding hydrogens is 444 g/mol. The predicted molar refractivity (Wildman–Crippen MR) is 138 cm³/mol. The topological polar surface area (TPSA) is 58.6 Å². The minimum absolute atomic E-state index is 0.103. The van der Waals surface area contributed by atoms with E-state index in [0.29, 0.717) is 5.75 Å². The lowest BCUT2D eigenvalue weighted by Gasteiger charge is -2.34. The van der Waals surface area contributed by atoms with Crippen LogP contribution in [-0.4, -0.2) is 25.0 Å². The van der Waals surface area contributed by atoms with Crippen molar-refractivity contribution in [3.63, 3.8) is 0 Å². The molecule has 1 fully saturated rings. The number of thiophene rings is 1. The lowest BCUT2D eigenvalue weighted by atomic mass is 9.98. The van der Waals surface area contributed by atoms with Gasteiger partial charge in [0.15, 0.2) is 0 Å². The van der Waals surface area contributed by atoms with E-state index in [1.54, 1.807) is 23.3 Å². The highest BCUT2D eigenvalue weighted by Crippen LogP contribution is 2.35. The Kier molecular flexibility index (Phi) is 7.68. The number of carbonyl (C=O) groups is 2. The number of amides is 2. The maximum absolute atomic E-state index is 13.9. The van der Waals surface area contributed by atoms with Crippen molar-refractivity contribution < 1.29 is 14.3 Å². The van der Waals surface area contributed by atoms with Crippen LogP contribution in [0, 0.1) is 13.8 Å². The molecule has 6 heteroatoms. The van der Waals surface area contributed by atoms with E-state index < -0.39 is 6.04 Å². The zero-order valence-electron chi connectivity index (χ0n) is 20.0. The highest BCUT2D eigenvalue weighted by Gasteiger charge is 2.35. The van der Waals surface area contributed by atoms with Crippen LogP contribution in [0.15, 0.2) is 60.0 Å². The molecule has 1 N–H and O–H groups in total. The summed E-state index contributed by atoms with van der Waals surface area (Å²) in [5, 5.41) is 5.22. The molecule has 0 bridgehead atoms. The van der Waals surface area contributed by atoms with Crippen LogP contribution < -0.4 is 15.0 Å². The van der Waals surface area contributed by atoms with Gasteiger partial charge in [0.25, 0.3) is 0 Å². The average molecular weight is 477 g/mol. The number of benzene rings is 2. The van der Waals surface area contributed by atoms with E-state index >= 15 is 0 Å². The van der Waals surface area contributed by atoms with Crippen LogP contribution in [0.5, 0.6) is 5.75 Å². The summed E-state index contributed by atoms with van der Waals surface area (Å²) in [5.74, 6) is 0.403. The van der Waals surface area contributed by atoms with Crippen molar-refractivity contribution in [1.82, 2.24) is 5.32 Å². The first-order chi connectivity index (χ1) is 16.5. The second kappa shape index (κ2) is 10.9. The number of para-hydroxylation sites is 1. The first kappa shape index (κ1) is 24.0. The van der Waals surface area contributed by atoms with Gasteiger partial charge in [-0.25, -0.2) is 0 Å². The van der Waals surface area contributed by atoms with Crippen LogP contribution in [0.25, 0.3) is 0 Å². The quantitative estimate of drug-likeness (QED) is 0.450. The minimum atomic E-state index is -0.803. The van der Waals surface area contributed by atoms with Crippen molar-refractivity contribution in [3.05, 3.63) is 81.5 Å². The number of hydrogen-bond acceptors (Lipinski definition) is 4. The van der Waals surface area contributed by atoms with Gasteiger partial charge in [-0.1, -0.05) is 49.2 Å². The van der Waals surface area contributed by atoms with E-state index in [2.05, 4.69) is 5.32 Å². The molecule has 178 valence electrons. The van der Waals surface area contributed by atoms with Crippen LogP contribution in [0.1, 0.15) is 53.3 Å². The Labute approximate surface area is 205 Å². The molecular formula is C28H32N2O3S. The number of carbonyl (C=O) groups excluding carboxylic acids is 2. The molecule has 34 heavy (non-hydrogen) atoms. The third-order valence-electron chi connectivity index (χ3n) is 6.47. The van der Waals surface area contributed by atoms with Crippen molar-refractivity contribution in [2.45, 2.75) is 58.0 Å². The fourth-order valence-corrected chi connectivity index (χ4v) is 5.51. The maximum atomic E-state index is 13.9. The van der Waals surface area contributed by atoms with Gasteiger partial charge in [-0.05, 0) is 67.0 Å². The van der Waals surface area contributed by atoms with Crippen LogP contribution in [0.2, 0.25) is 0 Å². The number of rotatable bonds is 8. The average Bonchev–Trinajstić information content (AvgIpc) is 3.52. The number of nitrogens with one attached hydrogen (secondary N) is 1. The van der Waals surface area contributed by atoms with Gasteiger partial charge in [0, 0.05) is 10.9 Å². The van der Waals surface area contributed by atoms with E-state index in [4.69, 9.17) is 4.74 Å². The summed E-state index contributed by atoms with van der Waals surface area (Å²) in [7, 11) is 1.61. The lowest BCUT2D eigenvalue weighted by Crippen LogP contribution is -2.47. The van der Waals surface area contributed by atoms with Gasteiger partial charge in [0.1, 0.15) is 11.8 Å². The minimum Gasteiger partial charge on any atom is -0.497 e. The van der Waals surface area contributed by atoms with Crippen molar-refractivity contribution in [2.24, 2.45) is 0 Å². The lowest BCUT2D eigenvalue weighted by molar-refractivity contribution is -0.127. The molecule has 0 radical (unpaired) electrons. The number of ether oxygens (including phenoxy) is 1. The van der Waals surface area contributed by atoms with Crippen molar-refractivity contribution in [1.29, 1.82) is 0 Å². The van der Waals surface area contributed by atoms with Crippen LogP contribution >= 0.6 is 11.3 Å². The second-order valence-corrected chi connectivity index (χ2v) is 9.96. The SMILES string of the molecule is COc1cccc([C@@H](C(=O)NC2CCCC2)N(C(=O)Cc2cccs2)c2c(C)cccc2C)c1. The molecule has 0 unspecified atom stereocenters. The van der Waals surface area contributed by atoms with Gasteiger partial charge in [-0.15, -0.1) is 11.3 Å². The van der Waals surface area contributed by atoms with Gasteiger partial charge in [-0.2, -0.15) is 0 Å². The van der Waals surface area contributed by atoms with Crippen LogP contribution in [0.4, 0.5) is 5.69 Å². The predicted octanol–water partition coefficient (Wildman–Crippen LogP) is 5.75. The molecule has 1 aliphatic carbocycles.